The van der Waals surface area contributed by atoms with Crippen molar-refractivity contribution < 1.29 is 9.90 Å². The molecular weight excluding hydrogens is 306 g/mol. The Kier molecular flexibility index (Phi) is 5.41. The van der Waals surface area contributed by atoms with Crippen LogP contribution in [0, 0.1) is 6.92 Å². The molecule has 0 saturated heterocycles. The molecule has 1 N–H and O–H groups in total. The quantitative estimate of drug-likeness (QED) is 0.779. The first-order valence-electron chi connectivity index (χ1n) is 6.92. The van der Waals surface area contributed by atoms with Crippen LogP contribution in [0.2, 0.25) is 0 Å². The molecule has 7 heteroatoms. The van der Waals surface area contributed by atoms with Crippen molar-refractivity contribution in [3.63, 3.8) is 0 Å². The summed E-state index contributed by atoms with van der Waals surface area (Å²) >= 11 is 2.76. The third kappa shape index (κ3) is 3.85. The van der Waals surface area contributed by atoms with Gasteiger partial charge in [-0.25, -0.2) is 9.78 Å². The van der Waals surface area contributed by atoms with Crippen LogP contribution in [0.25, 0.3) is 0 Å². The van der Waals surface area contributed by atoms with Gasteiger partial charge in [-0.2, -0.15) is 5.10 Å². The zero-order valence-electron chi connectivity index (χ0n) is 12.4. The van der Waals surface area contributed by atoms with E-state index in [2.05, 4.69) is 23.9 Å². The summed E-state index contributed by atoms with van der Waals surface area (Å²) in [5, 5.41) is 13.6. The molecule has 0 radical (unpaired) electrons. The lowest BCUT2D eigenvalue weighted by Crippen LogP contribution is -2.07. The highest BCUT2D eigenvalue weighted by Gasteiger charge is 2.15. The summed E-state index contributed by atoms with van der Waals surface area (Å²) in [5.74, 6) is -0.200. The molecule has 2 aromatic heterocycles. The Morgan fingerprint density at radius 3 is 2.76 bits per heavy atom. The third-order valence-electron chi connectivity index (χ3n) is 3.29. The van der Waals surface area contributed by atoms with Gasteiger partial charge in [-0.1, -0.05) is 25.6 Å². The van der Waals surface area contributed by atoms with E-state index in [9.17, 15) is 4.79 Å². The van der Waals surface area contributed by atoms with Gasteiger partial charge in [-0.3, -0.25) is 4.68 Å². The summed E-state index contributed by atoms with van der Waals surface area (Å²) in [6.45, 7) is 6.05. The standard InChI is InChI=1S/C14H19N3O2S2/c1-4-11(5-2)17-7-6-10(16-17)8-20-14-15-9(3)12(21-14)13(18)19/h6-7,11H,4-5,8H2,1-3H3,(H,18,19). The van der Waals surface area contributed by atoms with Crippen molar-refractivity contribution in [3.05, 3.63) is 28.5 Å². The van der Waals surface area contributed by atoms with Gasteiger partial charge in [0.15, 0.2) is 4.34 Å². The number of nitrogens with zero attached hydrogens (tertiary/aromatic N) is 3. The summed E-state index contributed by atoms with van der Waals surface area (Å²) in [4.78, 5) is 15.6. The Morgan fingerprint density at radius 2 is 2.19 bits per heavy atom. The second kappa shape index (κ2) is 7.09. The number of carbonyl (C=O) groups is 1. The predicted molar refractivity (Wildman–Crippen MR) is 85.2 cm³/mol. The van der Waals surface area contributed by atoms with E-state index in [0.29, 0.717) is 22.4 Å². The lowest BCUT2D eigenvalue weighted by atomic mass is 10.2. The second-order valence-electron chi connectivity index (χ2n) is 4.75. The Bertz CT molecular complexity index is 618. The summed E-state index contributed by atoms with van der Waals surface area (Å²) < 4.78 is 2.80. The Labute approximate surface area is 132 Å². The van der Waals surface area contributed by atoms with Crippen LogP contribution >= 0.6 is 23.1 Å². The summed E-state index contributed by atoms with van der Waals surface area (Å²) in [6, 6.07) is 2.47. The summed E-state index contributed by atoms with van der Waals surface area (Å²) in [7, 11) is 0. The highest BCUT2D eigenvalue weighted by molar-refractivity contribution is 8.00. The second-order valence-corrected chi connectivity index (χ2v) is 6.97. The number of thiazole rings is 1. The molecule has 0 amide bonds. The zero-order chi connectivity index (χ0) is 15.4. The molecule has 2 heterocycles. The van der Waals surface area contributed by atoms with Crippen LogP contribution in [-0.2, 0) is 5.75 Å². The number of aryl methyl sites for hydroxylation is 1. The molecule has 114 valence electrons. The number of carboxylic acids is 1. The molecule has 0 saturated carbocycles. The van der Waals surface area contributed by atoms with Gasteiger partial charge < -0.3 is 5.11 Å². The number of aromatic carboxylic acids is 1. The molecule has 0 atom stereocenters. The first-order valence-corrected chi connectivity index (χ1v) is 8.72. The lowest BCUT2D eigenvalue weighted by molar-refractivity contribution is 0.0701. The van der Waals surface area contributed by atoms with E-state index in [4.69, 9.17) is 5.11 Å². The molecule has 5 nitrogen and oxygen atoms in total. The molecule has 0 fully saturated rings. The minimum Gasteiger partial charge on any atom is -0.477 e. The van der Waals surface area contributed by atoms with Gasteiger partial charge in [0.25, 0.3) is 0 Å². The smallest absolute Gasteiger partial charge is 0.347 e. The SMILES string of the molecule is CCC(CC)n1ccc(CSc2nc(C)c(C(=O)O)s2)n1. The van der Waals surface area contributed by atoms with Crippen molar-refractivity contribution in [2.45, 2.75) is 49.7 Å². The number of aromatic nitrogens is 3. The third-order valence-corrected chi connectivity index (χ3v) is 5.62. The molecule has 0 aliphatic rings. The number of hydrogen-bond acceptors (Lipinski definition) is 5. The van der Waals surface area contributed by atoms with Gasteiger partial charge in [0.05, 0.1) is 17.4 Å². The minimum atomic E-state index is -0.908. The fraction of sp³-hybridized carbons (Fsp3) is 0.500. The molecule has 0 aliphatic heterocycles. The van der Waals surface area contributed by atoms with Gasteiger partial charge in [-0.15, -0.1) is 11.3 Å². The largest absolute Gasteiger partial charge is 0.477 e. The summed E-state index contributed by atoms with van der Waals surface area (Å²) in [6.07, 6.45) is 4.15. The van der Waals surface area contributed by atoms with E-state index in [1.807, 2.05) is 16.9 Å². The average Bonchev–Trinajstić information content (AvgIpc) is 3.05. The number of carboxylic acid groups (broad SMARTS) is 1. The maximum absolute atomic E-state index is 11.0. The molecule has 21 heavy (non-hydrogen) atoms. The van der Waals surface area contributed by atoms with Crippen LogP contribution in [0.4, 0.5) is 0 Å². The van der Waals surface area contributed by atoms with Gasteiger partial charge in [0, 0.05) is 11.9 Å². The molecule has 0 aliphatic carbocycles. The van der Waals surface area contributed by atoms with Crippen LogP contribution in [0.5, 0.6) is 0 Å². The molecule has 0 spiro atoms. The van der Waals surface area contributed by atoms with E-state index in [1.165, 1.54) is 23.1 Å². The number of rotatable bonds is 7. The molecule has 2 rings (SSSR count). The predicted octanol–water partition coefficient (Wildman–Crippen LogP) is 4.00. The van der Waals surface area contributed by atoms with Gasteiger partial charge in [0.1, 0.15) is 4.88 Å². The Balaban J connectivity index is 2.00. The van der Waals surface area contributed by atoms with Gasteiger partial charge in [-0.05, 0) is 25.8 Å². The highest BCUT2D eigenvalue weighted by Crippen LogP contribution is 2.29. The van der Waals surface area contributed by atoms with E-state index in [-0.39, 0.29) is 0 Å². The van der Waals surface area contributed by atoms with Gasteiger partial charge in [0.2, 0.25) is 0 Å². The Hall–Kier alpha value is -1.34. The maximum Gasteiger partial charge on any atom is 0.347 e. The van der Waals surface area contributed by atoms with Crippen molar-refractivity contribution in [2.75, 3.05) is 0 Å². The molecular formula is C14H19N3O2S2. The molecule has 0 unspecified atom stereocenters. The first-order chi connectivity index (χ1) is 10.0. The molecule has 0 bridgehead atoms. The highest BCUT2D eigenvalue weighted by atomic mass is 32.2. The van der Waals surface area contributed by atoms with E-state index >= 15 is 0 Å². The van der Waals surface area contributed by atoms with E-state index in [1.54, 1.807) is 6.92 Å². The van der Waals surface area contributed by atoms with Crippen molar-refractivity contribution in [3.8, 4) is 0 Å². The van der Waals surface area contributed by atoms with Crippen LogP contribution < -0.4 is 0 Å². The number of thioether (sulfide) groups is 1. The maximum atomic E-state index is 11.0. The van der Waals surface area contributed by atoms with Crippen molar-refractivity contribution in [1.82, 2.24) is 14.8 Å². The fourth-order valence-corrected chi connectivity index (χ4v) is 4.02. The topological polar surface area (TPSA) is 68.0 Å². The van der Waals surface area contributed by atoms with Crippen LogP contribution in [-0.4, -0.2) is 25.8 Å². The van der Waals surface area contributed by atoms with Crippen LogP contribution in [0.1, 0.15) is 53.8 Å². The Morgan fingerprint density at radius 1 is 1.48 bits per heavy atom. The fourth-order valence-electron chi connectivity index (χ4n) is 2.09. The lowest BCUT2D eigenvalue weighted by Gasteiger charge is -2.12. The zero-order valence-corrected chi connectivity index (χ0v) is 14.0. The molecule has 2 aromatic rings. The summed E-state index contributed by atoms with van der Waals surface area (Å²) in [5.41, 5.74) is 1.58. The van der Waals surface area contributed by atoms with Crippen LogP contribution in [0.15, 0.2) is 16.6 Å². The van der Waals surface area contributed by atoms with Gasteiger partial charge >= 0.3 is 5.97 Å². The normalized spacial score (nSPS) is 11.2. The monoisotopic (exact) mass is 325 g/mol. The van der Waals surface area contributed by atoms with Crippen LogP contribution in [0.3, 0.4) is 0 Å². The average molecular weight is 325 g/mol. The molecule has 0 aromatic carbocycles. The van der Waals surface area contributed by atoms with E-state index < -0.39 is 5.97 Å². The number of hydrogen-bond donors (Lipinski definition) is 1. The van der Waals surface area contributed by atoms with Crippen molar-refractivity contribution in [1.29, 1.82) is 0 Å². The minimum absolute atomic E-state index is 0.319. The van der Waals surface area contributed by atoms with Crippen molar-refractivity contribution >= 4 is 29.1 Å². The van der Waals surface area contributed by atoms with E-state index in [0.717, 1.165) is 22.9 Å². The van der Waals surface area contributed by atoms with Crippen molar-refractivity contribution in [2.24, 2.45) is 0 Å². The first kappa shape index (κ1) is 16.0.